The lowest BCUT2D eigenvalue weighted by Crippen LogP contribution is -2.52. The first kappa shape index (κ1) is 17.2. The van der Waals surface area contributed by atoms with E-state index in [1.807, 2.05) is 0 Å². The van der Waals surface area contributed by atoms with Gasteiger partial charge < -0.3 is 20.9 Å². The van der Waals surface area contributed by atoms with Gasteiger partial charge in [0, 0.05) is 44.7 Å². The van der Waals surface area contributed by atoms with E-state index in [4.69, 9.17) is 5.73 Å². The molecule has 1 amide bonds. The molecular weight excluding hydrogens is 288 g/mol. The highest BCUT2D eigenvalue weighted by molar-refractivity contribution is 5.79. The minimum Gasteiger partial charge on any atom is -0.340 e. The number of piperidine rings is 1. The van der Waals surface area contributed by atoms with E-state index in [1.54, 1.807) is 0 Å². The molecule has 3 N–H and O–H groups in total. The van der Waals surface area contributed by atoms with Crippen LogP contribution in [0.2, 0.25) is 0 Å². The van der Waals surface area contributed by atoms with Gasteiger partial charge in [0.15, 0.2) is 0 Å². The Bertz CT molecular complexity index is 408. The molecule has 5 nitrogen and oxygen atoms in total. The number of likely N-dealkylation sites (N-methyl/N-ethyl adjacent to an activating group) is 1. The van der Waals surface area contributed by atoms with Crippen molar-refractivity contribution in [2.45, 2.75) is 38.6 Å². The Morgan fingerprint density at radius 3 is 2.48 bits per heavy atom. The van der Waals surface area contributed by atoms with Crippen LogP contribution in [0, 0.1) is 23.7 Å². The number of nitrogens with two attached hydrogens (primary N) is 1. The maximum absolute atomic E-state index is 12.8. The average Bonchev–Trinajstić information content (AvgIpc) is 2.56. The molecule has 1 aliphatic carbocycles. The second-order valence-corrected chi connectivity index (χ2v) is 8.10. The van der Waals surface area contributed by atoms with E-state index in [-0.39, 0.29) is 5.92 Å². The smallest absolute Gasteiger partial charge is 0.225 e. The lowest BCUT2D eigenvalue weighted by molar-refractivity contribution is -0.139. The fraction of sp³-hybridized carbons (Fsp3) is 0.944. The van der Waals surface area contributed by atoms with Crippen molar-refractivity contribution in [3.05, 3.63) is 0 Å². The molecule has 0 aromatic heterocycles. The van der Waals surface area contributed by atoms with Crippen molar-refractivity contribution in [2.24, 2.45) is 29.4 Å². The number of rotatable bonds is 2. The zero-order valence-corrected chi connectivity index (χ0v) is 14.8. The summed E-state index contributed by atoms with van der Waals surface area (Å²) in [6.45, 7) is 8.25. The van der Waals surface area contributed by atoms with E-state index in [9.17, 15) is 4.79 Å². The normalized spacial score (nSPS) is 40.1. The van der Waals surface area contributed by atoms with Crippen molar-refractivity contribution in [2.75, 3.05) is 46.3 Å². The Balaban J connectivity index is 1.54. The number of piperazine rings is 1. The summed E-state index contributed by atoms with van der Waals surface area (Å²) in [6, 6.07) is 0.293. The van der Waals surface area contributed by atoms with Crippen LogP contribution in [0.3, 0.4) is 0 Å². The summed E-state index contributed by atoms with van der Waals surface area (Å²) >= 11 is 0. The molecule has 1 saturated carbocycles. The highest BCUT2D eigenvalue weighted by atomic mass is 16.2. The molecule has 5 unspecified atom stereocenters. The summed E-state index contributed by atoms with van der Waals surface area (Å²) in [5.74, 6) is 2.65. The van der Waals surface area contributed by atoms with Crippen LogP contribution in [0.25, 0.3) is 0 Å². The summed E-state index contributed by atoms with van der Waals surface area (Å²) in [7, 11) is 2.14. The number of nitrogens with one attached hydrogen (secondary N) is 1. The minimum atomic E-state index is 0.252. The van der Waals surface area contributed by atoms with Gasteiger partial charge in [-0.05, 0) is 57.0 Å². The Morgan fingerprint density at radius 2 is 1.83 bits per heavy atom. The molecule has 0 aromatic rings. The first-order valence-corrected chi connectivity index (χ1v) is 9.50. The zero-order chi connectivity index (χ0) is 16.4. The van der Waals surface area contributed by atoms with E-state index in [1.165, 1.54) is 12.8 Å². The zero-order valence-electron chi connectivity index (χ0n) is 14.8. The van der Waals surface area contributed by atoms with Crippen LogP contribution >= 0.6 is 0 Å². The van der Waals surface area contributed by atoms with Gasteiger partial charge in [0.1, 0.15) is 0 Å². The third kappa shape index (κ3) is 3.89. The van der Waals surface area contributed by atoms with Crippen LogP contribution < -0.4 is 11.1 Å². The van der Waals surface area contributed by atoms with Crippen molar-refractivity contribution < 1.29 is 4.79 Å². The Hall–Kier alpha value is -0.650. The number of hydrogen-bond donors (Lipinski definition) is 2. The topological polar surface area (TPSA) is 61.6 Å². The molecule has 3 rings (SSSR count). The molecule has 3 aliphatic rings. The van der Waals surface area contributed by atoms with Gasteiger partial charge in [-0.2, -0.15) is 0 Å². The molecule has 5 heteroatoms. The first-order chi connectivity index (χ1) is 11.1. The van der Waals surface area contributed by atoms with Gasteiger partial charge in [-0.25, -0.2) is 0 Å². The molecule has 0 bridgehead atoms. The molecule has 2 heterocycles. The van der Waals surface area contributed by atoms with Gasteiger partial charge in [0.05, 0.1) is 0 Å². The standard InChI is InChI=1S/C18H34N4O/c1-13-11-14(18(23)22-9-7-21(2)8-10-22)3-4-15(13)16-5-6-20-12-17(16)19/h13-17,20H,3-12,19H2,1-2H3. The van der Waals surface area contributed by atoms with Crippen LogP contribution in [-0.2, 0) is 4.79 Å². The summed E-state index contributed by atoms with van der Waals surface area (Å²) in [6.07, 6.45) is 4.51. The van der Waals surface area contributed by atoms with Crippen molar-refractivity contribution in [3.8, 4) is 0 Å². The predicted molar refractivity (Wildman–Crippen MR) is 93.0 cm³/mol. The SMILES string of the molecule is CC1CC(C(=O)N2CCN(C)CC2)CCC1C1CCNCC1N. The van der Waals surface area contributed by atoms with Crippen LogP contribution in [0.5, 0.6) is 0 Å². The third-order valence-corrected chi connectivity index (χ3v) is 6.53. The molecule has 2 saturated heterocycles. The van der Waals surface area contributed by atoms with Crippen molar-refractivity contribution in [3.63, 3.8) is 0 Å². The van der Waals surface area contributed by atoms with E-state index >= 15 is 0 Å². The summed E-state index contributed by atoms with van der Waals surface area (Å²) in [5.41, 5.74) is 6.35. The van der Waals surface area contributed by atoms with E-state index in [0.717, 1.165) is 52.1 Å². The fourth-order valence-corrected chi connectivity index (χ4v) is 5.00. The molecule has 2 aliphatic heterocycles. The Morgan fingerprint density at radius 1 is 1.09 bits per heavy atom. The maximum atomic E-state index is 12.8. The number of amides is 1. The van der Waals surface area contributed by atoms with Gasteiger partial charge >= 0.3 is 0 Å². The summed E-state index contributed by atoms with van der Waals surface area (Å²) in [4.78, 5) is 17.2. The maximum Gasteiger partial charge on any atom is 0.225 e. The molecule has 0 aromatic carbocycles. The highest BCUT2D eigenvalue weighted by Gasteiger charge is 2.39. The van der Waals surface area contributed by atoms with Crippen LogP contribution in [-0.4, -0.2) is 68.1 Å². The van der Waals surface area contributed by atoms with Crippen molar-refractivity contribution in [1.82, 2.24) is 15.1 Å². The number of hydrogen-bond acceptors (Lipinski definition) is 4. The lowest BCUT2D eigenvalue weighted by atomic mass is 9.66. The molecule has 132 valence electrons. The fourth-order valence-electron chi connectivity index (χ4n) is 5.00. The summed E-state index contributed by atoms with van der Waals surface area (Å²) in [5, 5.41) is 3.40. The number of nitrogens with zero attached hydrogens (tertiary/aromatic N) is 2. The monoisotopic (exact) mass is 322 g/mol. The predicted octanol–water partition coefficient (Wildman–Crippen LogP) is 0.750. The number of carbonyl (C=O) groups excluding carboxylic acids is 1. The molecular formula is C18H34N4O. The number of carbonyl (C=O) groups is 1. The van der Waals surface area contributed by atoms with Crippen LogP contribution in [0.1, 0.15) is 32.6 Å². The second kappa shape index (κ2) is 7.49. The van der Waals surface area contributed by atoms with E-state index in [2.05, 4.69) is 29.1 Å². The van der Waals surface area contributed by atoms with Crippen LogP contribution in [0.4, 0.5) is 0 Å². The van der Waals surface area contributed by atoms with E-state index < -0.39 is 0 Å². The van der Waals surface area contributed by atoms with Gasteiger partial charge in [-0.15, -0.1) is 0 Å². The van der Waals surface area contributed by atoms with Gasteiger partial charge in [0.2, 0.25) is 5.91 Å². The first-order valence-electron chi connectivity index (χ1n) is 9.50. The van der Waals surface area contributed by atoms with Gasteiger partial charge in [-0.3, -0.25) is 4.79 Å². The molecule has 0 radical (unpaired) electrons. The van der Waals surface area contributed by atoms with Crippen molar-refractivity contribution >= 4 is 5.91 Å². The molecule has 5 atom stereocenters. The molecule has 0 spiro atoms. The molecule has 3 fully saturated rings. The molecule has 23 heavy (non-hydrogen) atoms. The van der Waals surface area contributed by atoms with Gasteiger partial charge in [-0.1, -0.05) is 6.92 Å². The Labute approximate surface area is 140 Å². The summed E-state index contributed by atoms with van der Waals surface area (Å²) < 4.78 is 0. The van der Waals surface area contributed by atoms with Crippen LogP contribution in [0.15, 0.2) is 0 Å². The van der Waals surface area contributed by atoms with E-state index in [0.29, 0.717) is 29.7 Å². The lowest BCUT2D eigenvalue weighted by Gasteiger charge is -2.44. The third-order valence-electron chi connectivity index (χ3n) is 6.53. The minimum absolute atomic E-state index is 0.252. The highest BCUT2D eigenvalue weighted by Crippen LogP contribution is 2.41. The Kier molecular flexibility index (Phi) is 5.60. The second-order valence-electron chi connectivity index (χ2n) is 8.10. The average molecular weight is 322 g/mol. The quantitative estimate of drug-likeness (QED) is 0.788. The van der Waals surface area contributed by atoms with Gasteiger partial charge in [0.25, 0.3) is 0 Å². The largest absolute Gasteiger partial charge is 0.340 e. The van der Waals surface area contributed by atoms with Crippen molar-refractivity contribution in [1.29, 1.82) is 0 Å².